The van der Waals surface area contributed by atoms with Gasteiger partial charge in [-0.3, -0.25) is 9.59 Å². The van der Waals surface area contributed by atoms with Gasteiger partial charge in [0.15, 0.2) is 12.4 Å². The second kappa shape index (κ2) is 9.20. The molecule has 0 saturated carbocycles. The van der Waals surface area contributed by atoms with Crippen molar-refractivity contribution in [2.24, 2.45) is 0 Å². The number of hydrogen-bond acceptors (Lipinski definition) is 3. The molecule has 3 aromatic carbocycles. The monoisotopic (exact) mass is 393 g/mol. The summed E-state index contributed by atoms with van der Waals surface area (Å²) in [7, 11) is 0. The molecule has 3 rings (SSSR count). The van der Waals surface area contributed by atoms with E-state index in [1.54, 1.807) is 48.5 Å². The van der Waals surface area contributed by atoms with Gasteiger partial charge in [-0.1, -0.05) is 36.7 Å². The minimum atomic E-state index is -0.234. The molecule has 0 unspecified atom stereocenters. The molecule has 142 valence electrons. The number of ketones is 1. The molecule has 0 radical (unpaired) electrons. The van der Waals surface area contributed by atoms with Crippen LogP contribution in [-0.2, 0) is 11.2 Å². The summed E-state index contributed by atoms with van der Waals surface area (Å²) in [5.41, 5.74) is 2.96. The molecule has 0 atom stereocenters. The summed E-state index contributed by atoms with van der Waals surface area (Å²) in [4.78, 5) is 24.6. The Morgan fingerprint density at radius 3 is 2.14 bits per heavy atom. The molecule has 0 spiro atoms. The van der Waals surface area contributed by atoms with E-state index < -0.39 is 0 Å². The van der Waals surface area contributed by atoms with Crippen molar-refractivity contribution in [3.63, 3.8) is 0 Å². The third kappa shape index (κ3) is 4.99. The zero-order valence-electron chi connectivity index (χ0n) is 15.4. The van der Waals surface area contributed by atoms with Crippen LogP contribution in [0.2, 0.25) is 5.02 Å². The Hall–Kier alpha value is -3.11. The summed E-state index contributed by atoms with van der Waals surface area (Å²) in [6.45, 7) is 1.93. The summed E-state index contributed by atoms with van der Waals surface area (Å²) in [5.74, 6) is 0.186. The van der Waals surface area contributed by atoms with Crippen LogP contribution in [0.5, 0.6) is 5.75 Å². The van der Waals surface area contributed by atoms with Gasteiger partial charge in [0.25, 0.3) is 5.91 Å². The van der Waals surface area contributed by atoms with Crippen molar-refractivity contribution in [3.05, 3.63) is 94.5 Å². The van der Waals surface area contributed by atoms with Crippen LogP contribution in [0.4, 0.5) is 5.69 Å². The molecule has 0 aliphatic rings. The highest BCUT2D eigenvalue weighted by Crippen LogP contribution is 2.18. The second-order valence-electron chi connectivity index (χ2n) is 6.21. The Labute approximate surface area is 169 Å². The molecule has 4 nitrogen and oxygen atoms in total. The van der Waals surface area contributed by atoms with Crippen LogP contribution >= 0.6 is 11.6 Å². The van der Waals surface area contributed by atoms with Gasteiger partial charge in [-0.05, 0) is 66.6 Å². The smallest absolute Gasteiger partial charge is 0.262 e. The van der Waals surface area contributed by atoms with E-state index in [-0.39, 0.29) is 18.3 Å². The van der Waals surface area contributed by atoms with Crippen LogP contribution in [0.25, 0.3) is 0 Å². The van der Waals surface area contributed by atoms with Crippen molar-refractivity contribution >= 4 is 29.0 Å². The molecule has 0 bridgehead atoms. The summed E-state index contributed by atoms with van der Waals surface area (Å²) in [5, 5.41) is 3.44. The number of rotatable bonds is 7. The molecule has 0 aliphatic carbocycles. The molecule has 0 aliphatic heterocycles. The maximum absolute atomic E-state index is 12.5. The van der Waals surface area contributed by atoms with Gasteiger partial charge in [-0.25, -0.2) is 0 Å². The van der Waals surface area contributed by atoms with E-state index in [1.165, 1.54) is 0 Å². The van der Waals surface area contributed by atoms with Gasteiger partial charge in [-0.15, -0.1) is 0 Å². The lowest BCUT2D eigenvalue weighted by atomic mass is 10.0. The zero-order valence-corrected chi connectivity index (χ0v) is 16.2. The molecule has 5 heteroatoms. The molecule has 1 N–H and O–H groups in total. The van der Waals surface area contributed by atoms with Gasteiger partial charge >= 0.3 is 0 Å². The average Bonchev–Trinajstić information content (AvgIpc) is 2.73. The van der Waals surface area contributed by atoms with Crippen molar-refractivity contribution in [3.8, 4) is 5.75 Å². The highest BCUT2D eigenvalue weighted by atomic mass is 35.5. The summed E-state index contributed by atoms with van der Waals surface area (Å²) >= 11 is 5.85. The minimum absolute atomic E-state index is 0.0999. The number of halogens is 1. The lowest BCUT2D eigenvalue weighted by molar-refractivity contribution is -0.118. The second-order valence-corrected chi connectivity index (χ2v) is 6.64. The van der Waals surface area contributed by atoms with E-state index in [9.17, 15) is 9.59 Å². The molecular weight excluding hydrogens is 374 g/mol. The van der Waals surface area contributed by atoms with Crippen molar-refractivity contribution in [2.75, 3.05) is 11.9 Å². The van der Waals surface area contributed by atoms with Gasteiger partial charge in [0.1, 0.15) is 5.75 Å². The van der Waals surface area contributed by atoms with E-state index in [0.29, 0.717) is 21.9 Å². The van der Waals surface area contributed by atoms with E-state index >= 15 is 0 Å². The number of ether oxygens (including phenoxy) is 1. The predicted octanol–water partition coefficient (Wildman–Crippen LogP) is 5.15. The number of anilines is 1. The molecule has 0 saturated heterocycles. The number of benzene rings is 3. The van der Waals surface area contributed by atoms with Gasteiger partial charge in [0.2, 0.25) is 0 Å². The van der Waals surface area contributed by atoms with Crippen LogP contribution in [0, 0.1) is 0 Å². The Bertz CT molecular complexity index is 966. The fourth-order valence-corrected chi connectivity index (χ4v) is 2.88. The van der Waals surface area contributed by atoms with E-state index in [1.807, 2.05) is 31.2 Å². The lowest BCUT2D eigenvalue weighted by Gasteiger charge is -2.11. The van der Waals surface area contributed by atoms with Crippen LogP contribution < -0.4 is 10.1 Å². The summed E-state index contributed by atoms with van der Waals surface area (Å²) in [6.07, 6.45) is 0.834. The SMILES string of the molecule is CCc1ccccc1NC(=O)COc1ccc(C(=O)c2ccc(Cl)cc2)cc1. The number of amides is 1. The maximum atomic E-state index is 12.5. The number of hydrogen-bond donors (Lipinski definition) is 1. The first-order valence-corrected chi connectivity index (χ1v) is 9.35. The largest absolute Gasteiger partial charge is 0.484 e. The first-order valence-electron chi connectivity index (χ1n) is 8.97. The van der Waals surface area contributed by atoms with Gasteiger partial charge in [0, 0.05) is 21.8 Å². The topological polar surface area (TPSA) is 55.4 Å². The highest BCUT2D eigenvalue weighted by molar-refractivity contribution is 6.30. The van der Waals surface area contributed by atoms with Crippen LogP contribution in [0.15, 0.2) is 72.8 Å². The molecule has 28 heavy (non-hydrogen) atoms. The standard InChI is InChI=1S/C23H20ClNO3/c1-2-16-5-3-4-6-21(16)25-22(26)15-28-20-13-9-18(10-14-20)23(27)17-7-11-19(24)12-8-17/h3-14H,2,15H2,1H3,(H,25,26). The molecule has 0 heterocycles. The van der Waals surface area contributed by atoms with Gasteiger partial charge < -0.3 is 10.1 Å². The number of para-hydroxylation sites is 1. The summed E-state index contributed by atoms with van der Waals surface area (Å²) < 4.78 is 5.53. The van der Waals surface area contributed by atoms with Crippen LogP contribution in [-0.4, -0.2) is 18.3 Å². The number of carbonyl (C=O) groups is 2. The first kappa shape index (κ1) is 19.6. The minimum Gasteiger partial charge on any atom is -0.484 e. The van der Waals surface area contributed by atoms with Crippen molar-refractivity contribution in [2.45, 2.75) is 13.3 Å². The number of aryl methyl sites for hydroxylation is 1. The lowest BCUT2D eigenvalue weighted by Crippen LogP contribution is -2.20. The third-order valence-corrected chi connectivity index (χ3v) is 4.52. The van der Waals surface area contributed by atoms with E-state index in [4.69, 9.17) is 16.3 Å². The van der Waals surface area contributed by atoms with Gasteiger partial charge in [0.05, 0.1) is 0 Å². The molecular formula is C23H20ClNO3. The van der Waals surface area contributed by atoms with Gasteiger partial charge in [-0.2, -0.15) is 0 Å². The fraction of sp³-hybridized carbons (Fsp3) is 0.130. The maximum Gasteiger partial charge on any atom is 0.262 e. The van der Waals surface area contributed by atoms with Crippen molar-refractivity contribution < 1.29 is 14.3 Å². The quantitative estimate of drug-likeness (QED) is 0.564. The van der Waals surface area contributed by atoms with Crippen LogP contribution in [0.3, 0.4) is 0 Å². The number of carbonyl (C=O) groups excluding carboxylic acids is 2. The highest BCUT2D eigenvalue weighted by Gasteiger charge is 2.10. The number of nitrogens with one attached hydrogen (secondary N) is 1. The average molecular weight is 394 g/mol. The summed E-state index contributed by atoms with van der Waals surface area (Å²) in [6, 6.07) is 21.1. The Balaban J connectivity index is 1.57. The van der Waals surface area contributed by atoms with E-state index in [2.05, 4.69) is 5.32 Å². The molecule has 3 aromatic rings. The van der Waals surface area contributed by atoms with Crippen molar-refractivity contribution in [1.82, 2.24) is 0 Å². The third-order valence-electron chi connectivity index (χ3n) is 4.27. The Kier molecular flexibility index (Phi) is 6.45. The fourth-order valence-electron chi connectivity index (χ4n) is 2.76. The first-order chi connectivity index (χ1) is 13.6. The molecule has 0 aromatic heterocycles. The molecule has 1 amide bonds. The predicted molar refractivity (Wildman–Crippen MR) is 111 cm³/mol. The zero-order chi connectivity index (χ0) is 19.9. The van der Waals surface area contributed by atoms with E-state index in [0.717, 1.165) is 17.7 Å². The van der Waals surface area contributed by atoms with Crippen molar-refractivity contribution in [1.29, 1.82) is 0 Å². The molecule has 0 fully saturated rings. The Morgan fingerprint density at radius 2 is 1.50 bits per heavy atom. The Morgan fingerprint density at radius 1 is 0.893 bits per heavy atom. The normalized spacial score (nSPS) is 10.4. The van der Waals surface area contributed by atoms with Crippen LogP contribution in [0.1, 0.15) is 28.4 Å².